The van der Waals surface area contributed by atoms with E-state index in [1.165, 1.54) is 19.1 Å². The lowest BCUT2D eigenvalue weighted by molar-refractivity contribution is -0.128. The van der Waals surface area contributed by atoms with E-state index in [1.54, 1.807) is 6.07 Å². The van der Waals surface area contributed by atoms with Crippen molar-refractivity contribution in [1.29, 1.82) is 0 Å². The van der Waals surface area contributed by atoms with Crippen molar-refractivity contribution in [3.05, 3.63) is 28.5 Å². The predicted molar refractivity (Wildman–Crippen MR) is 96.3 cm³/mol. The standard InChI is InChI=1S/C16H22BrFN4O3/c1-8(2)6-13(15(24)20-9(3)14(19)23)22-16(25)21-12-5-4-10(17)7-11(12)18/h4-5,7-9,13H,6H2,1-3H3,(H2,19,23)(H,20,24)(H2,21,22,25)/t9-,13?/m0/s1. The van der Waals surface area contributed by atoms with Gasteiger partial charge in [-0.2, -0.15) is 0 Å². The molecular weight excluding hydrogens is 395 g/mol. The van der Waals surface area contributed by atoms with Gasteiger partial charge in [0.05, 0.1) is 5.69 Å². The lowest BCUT2D eigenvalue weighted by Gasteiger charge is -2.22. The number of urea groups is 1. The number of rotatable bonds is 7. The van der Waals surface area contributed by atoms with Crippen LogP contribution in [0.3, 0.4) is 0 Å². The first kappa shape index (κ1) is 20.9. The van der Waals surface area contributed by atoms with Gasteiger partial charge in [-0.3, -0.25) is 9.59 Å². The molecular formula is C16H22BrFN4O3. The molecule has 0 aliphatic rings. The number of benzene rings is 1. The highest BCUT2D eigenvalue weighted by atomic mass is 79.9. The number of primary amides is 1. The largest absolute Gasteiger partial charge is 0.368 e. The van der Waals surface area contributed by atoms with Gasteiger partial charge in [0.25, 0.3) is 0 Å². The van der Waals surface area contributed by atoms with Crippen LogP contribution in [0.25, 0.3) is 0 Å². The number of amides is 4. The molecule has 0 aromatic heterocycles. The first-order valence-electron chi connectivity index (χ1n) is 7.72. The minimum absolute atomic E-state index is 0.0186. The Morgan fingerprint density at radius 2 is 1.84 bits per heavy atom. The van der Waals surface area contributed by atoms with Crippen LogP contribution >= 0.6 is 15.9 Å². The average Bonchev–Trinajstić information content (AvgIpc) is 2.48. The Morgan fingerprint density at radius 3 is 2.36 bits per heavy atom. The number of nitrogens with one attached hydrogen (secondary N) is 3. The van der Waals surface area contributed by atoms with Gasteiger partial charge in [-0.25, -0.2) is 9.18 Å². The monoisotopic (exact) mass is 416 g/mol. The first-order chi connectivity index (χ1) is 11.6. The highest BCUT2D eigenvalue weighted by Gasteiger charge is 2.24. The molecule has 25 heavy (non-hydrogen) atoms. The molecule has 0 aliphatic carbocycles. The summed E-state index contributed by atoms with van der Waals surface area (Å²) in [6, 6.07) is 1.70. The molecule has 5 N–H and O–H groups in total. The maximum Gasteiger partial charge on any atom is 0.319 e. The maximum atomic E-state index is 13.8. The zero-order valence-electron chi connectivity index (χ0n) is 14.2. The van der Waals surface area contributed by atoms with Crippen molar-refractivity contribution in [2.24, 2.45) is 11.7 Å². The number of carbonyl (C=O) groups excluding carboxylic acids is 3. The van der Waals surface area contributed by atoms with E-state index in [-0.39, 0.29) is 11.6 Å². The van der Waals surface area contributed by atoms with Crippen LogP contribution in [0.2, 0.25) is 0 Å². The van der Waals surface area contributed by atoms with Crippen molar-refractivity contribution in [2.45, 2.75) is 39.3 Å². The molecule has 0 aliphatic heterocycles. The van der Waals surface area contributed by atoms with E-state index in [0.29, 0.717) is 10.9 Å². The summed E-state index contributed by atoms with van der Waals surface area (Å²) in [6.07, 6.45) is 0.341. The third-order valence-corrected chi connectivity index (χ3v) is 3.79. The van der Waals surface area contributed by atoms with Crippen LogP contribution in [0.1, 0.15) is 27.2 Å². The first-order valence-corrected chi connectivity index (χ1v) is 8.51. The molecule has 0 saturated heterocycles. The van der Waals surface area contributed by atoms with Gasteiger partial charge in [0.15, 0.2) is 0 Å². The topological polar surface area (TPSA) is 113 Å². The zero-order valence-corrected chi connectivity index (χ0v) is 15.8. The van der Waals surface area contributed by atoms with Crippen molar-refractivity contribution in [2.75, 3.05) is 5.32 Å². The Hall–Kier alpha value is -2.16. The summed E-state index contributed by atoms with van der Waals surface area (Å²) in [6.45, 7) is 5.21. The molecule has 0 saturated carbocycles. The smallest absolute Gasteiger partial charge is 0.319 e. The van der Waals surface area contributed by atoms with E-state index in [1.807, 2.05) is 13.8 Å². The van der Waals surface area contributed by atoms with Crippen LogP contribution in [0.5, 0.6) is 0 Å². The molecule has 1 aromatic rings. The lowest BCUT2D eigenvalue weighted by Crippen LogP contribution is -2.53. The van der Waals surface area contributed by atoms with Crippen molar-refractivity contribution in [3.63, 3.8) is 0 Å². The molecule has 4 amide bonds. The van der Waals surface area contributed by atoms with E-state index in [9.17, 15) is 18.8 Å². The van der Waals surface area contributed by atoms with Crippen molar-refractivity contribution in [1.82, 2.24) is 10.6 Å². The summed E-state index contributed by atoms with van der Waals surface area (Å²) >= 11 is 3.12. The SMILES string of the molecule is CC(C)CC(NC(=O)Nc1ccc(Br)cc1F)C(=O)N[C@@H](C)C(N)=O. The molecule has 0 spiro atoms. The minimum atomic E-state index is -0.889. The Bertz CT molecular complexity index is 654. The minimum Gasteiger partial charge on any atom is -0.368 e. The van der Waals surface area contributed by atoms with Crippen LogP contribution in [0.4, 0.5) is 14.9 Å². The third kappa shape index (κ3) is 7.08. The molecule has 0 bridgehead atoms. The molecule has 7 nitrogen and oxygen atoms in total. The van der Waals surface area contributed by atoms with Crippen LogP contribution in [-0.4, -0.2) is 29.9 Å². The zero-order chi connectivity index (χ0) is 19.1. The molecule has 2 atom stereocenters. The van der Waals surface area contributed by atoms with Gasteiger partial charge in [-0.1, -0.05) is 29.8 Å². The van der Waals surface area contributed by atoms with Crippen LogP contribution in [0.15, 0.2) is 22.7 Å². The molecule has 0 fully saturated rings. The van der Waals surface area contributed by atoms with Gasteiger partial charge in [0.2, 0.25) is 11.8 Å². The quantitative estimate of drug-likeness (QED) is 0.545. The molecule has 1 rings (SSSR count). The van der Waals surface area contributed by atoms with E-state index in [2.05, 4.69) is 31.9 Å². The van der Waals surface area contributed by atoms with E-state index in [4.69, 9.17) is 5.73 Å². The number of hydrogen-bond acceptors (Lipinski definition) is 3. The highest BCUT2D eigenvalue weighted by molar-refractivity contribution is 9.10. The Labute approximate surface area is 154 Å². The second kappa shape index (κ2) is 9.36. The molecule has 0 heterocycles. The lowest BCUT2D eigenvalue weighted by atomic mass is 10.0. The molecule has 0 radical (unpaired) electrons. The van der Waals surface area contributed by atoms with Gasteiger partial charge in [0.1, 0.15) is 17.9 Å². The Morgan fingerprint density at radius 1 is 1.20 bits per heavy atom. The van der Waals surface area contributed by atoms with Gasteiger partial charge < -0.3 is 21.7 Å². The summed E-state index contributed by atoms with van der Waals surface area (Å²) in [4.78, 5) is 35.4. The summed E-state index contributed by atoms with van der Waals surface area (Å²) in [7, 11) is 0. The number of carbonyl (C=O) groups is 3. The fraction of sp³-hybridized carbons (Fsp3) is 0.438. The summed E-state index contributed by atoms with van der Waals surface area (Å²) in [5, 5.41) is 7.28. The summed E-state index contributed by atoms with van der Waals surface area (Å²) < 4.78 is 14.3. The summed E-state index contributed by atoms with van der Waals surface area (Å²) in [5.74, 6) is -1.73. The third-order valence-electron chi connectivity index (χ3n) is 3.29. The molecule has 138 valence electrons. The number of anilines is 1. The van der Waals surface area contributed by atoms with Crippen LogP contribution in [-0.2, 0) is 9.59 Å². The van der Waals surface area contributed by atoms with Crippen molar-refractivity contribution < 1.29 is 18.8 Å². The second-order valence-corrected chi connectivity index (χ2v) is 6.95. The average molecular weight is 417 g/mol. The Kier molecular flexibility index (Phi) is 7.82. The van der Waals surface area contributed by atoms with Crippen LogP contribution in [0, 0.1) is 11.7 Å². The number of nitrogens with two attached hydrogens (primary N) is 1. The highest BCUT2D eigenvalue weighted by Crippen LogP contribution is 2.19. The van der Waals surface area contributed by atoms with E-state index >= 15 is 0 Å². The fourth-order valence-electron chi connectivity index (χ4n) is 2.00. The number of halogens is 2. The molecule has 1 unspecified atom stereocenters. The van der Waals surface area contributed by atoms with Gasteiger partial charge >= 0.3 is 6.03 Å². The number of hydrogen-bond donors (Lipinski definition) is 4. The fourth-order valence-corrected chi connectivity index (χ4v) is 2.33. The maximum absolute atomic E-state index is 13.8. The van der Waals surface area contributed by atoms with Crippen LogP contribution < -0.4 is 21.7 Å². The van der Waals surface area contributed by atoms with Gasteiger partial charge in [-0.15, -0.1) is 0 Å². The Balaban J connectivity index is 2.77. The normalized spacial score (nSPS) is 13.0. The predicted octanol–water partition coefficient (Wildman–Crippen LogP) is 2.11. The van der Waals surface area contributed by atoms with Gasteiger partial charge in [0, 0.05) is 4.47 Å². The molecule has 9 heteroatoms. The van der Waals surface area contributed by atoms with E-state index in [0.717, 1.165) is 0 Å². The van der Waals surface area contributed by atoms with Crippen molar-refractivity contribution >= 4 is 39.5 Å². The van der Waals surface area contributed by atoms with E-state index < -0.39 is 35.7 Å². The molecule has 1 aromatic carbocycles. The summed E-state index contributed by atoms with van der Waals surface area (Å²) in [5.41, 5.74) is 5.10. The second-order valence-electron chi connectivity index (χ2n) is 6.04. The van der Waals surface area contributed by atoms with Crippen molar-refractivity contribution in [3.8, 4) is 0 Å². The van der Waals surface area contributed by atoms with Gasteiger partial charge in [-0.05, 0) is 37.5 Å².